The Morgan fingerprint density at radius 3 is 1.72 bits per heavy atom. The summed E-state index contributed by atoms with van der Waals surface area (Å²) >= 11 is 0. The summed E-state index contributed by atoms with van der Waals surface area (Å²) in [5.74, 6) is 0. The number of fused-ring (bicyclic) bond motifs is 6. The van der Waals surface area contributed by atoms with Crippen molar-refractivity contribution in [3.63, 3.8) is 0 Å². The Hall–Kier alpha value is -9.12. The molecule has 0 atom stereocenters. The lowest BCUT2D eigenvalue weighted by Gasteiger charge is -2.31. The van der Waals surface area contributed by atoms with Gasteiger partial charge in [0, 0.05) is 43.8 Å². The smallest absolute Gasteiger partial charge is 0.159 e. The molecule has 0 N–H and O–H groups in total. The highest BCUT2D eigenvalue weighted by molar-refractivity contribution is 6.21. The second kappa shape index (κ2) is 19.7. The molecule has 0 radical (unpaired) electrons. The Labute approximate surface area is 438 Å². The molecule has 1 aliphatic carbocycles. The van der Waals surface area contributed by atoms with Crippen molar-refractivity contribution < 1.29 is 8.83 Å². The summed E-state index contributed by atoms with van der Waals surface area (Å²) in [6, 6.07) is 69.9. The number of rotatable bonds is 10. The molecule has 13 rings (SSSR count). The predicted octanol–water partition coefficient (Wildman–Crippen LogP) is 19.9. The quantitative estimate of drug-likeness (QED) is 0.128. The van der Waals surface area contributed by atoms with E-state index in [1.807, 2.05) is 13.8 Å². The van der Waals surface area contributed by atoms with Crippen molar-refractivity contribution in [1.29, 1.82) is 0 Å². The topological polar surface area (TPSA) is 32.8 Å². The second-order valence-corrected chi connectivity index (χ2v) is 19.3. The number of hydrogen-bond acceptors (Lipinski definition) is 4. The Kier molecular flexibility index (Phi) is 12.3. The third kappa shape index (κ3) is 8.11. The van der Waals surface area contributed by atoms with Crippen molar-refractivity contribution in [2.45, 2.75) is 48.0 Å². The summed E-state index contributed by atoms with van der Waals surface area (Å²) in [7, 11) is 0. The van der Waals surface area contributed by atoms with Crippen LogP contribution in [0.2, 0.25) is 0 Å². The van der Waals surface area contributed by atoms with E-state index in [0.29, 0.717) is 0 Å². The number of benzene rings is 10. The van der Waals surface area contributed by atoms with Gasteiger partial charge >= 0.3 is 0 Å². The Balaban J connectivity index is 0.00000281. The van der Waals surface area contributed by atoms with Gasteiger partial charge in [-0.15, -0.1) is 0 Å². The zero-order valence-corrected chi connectivity index (χ0v) is 43.4. The number of para-hydroxylation sites is 5. The standard InChI is InChI=1S/C69H52N2O2.C2H6/c1-44(48-24-7-5-8-25-48)20-11-12-23-47(4)70(62-36-18-32-55-53-30-15-21-45(2)66(53)72-68(55)62)61-43-40-51-39-42-57-60(35-17-28-50-38-41-58(61)65(51)64(50)57)71(59-34-14-13-29-52(59)49-26-9-6-10-27-49)63-37-19-33-56-54-31-16-22-46(3)67(54)73-69(56)63;1-2/h5-16,18-43H,17H2,1-4H3;1-2H3/b12-11-,44-20+,47-23+;. The molecule has 4 nitrogen and oxygen atoms in total. The molecule has 0 spiro atoms. The van der Waals surface area contributed by atoms with Gasteiger partial charge in [-0.3, -0.25) is 0 Å². The van der Waals surface area contributed by atoms with Crippen LogP contribution in [0, 0.1) is 13.8 Å². The fourth-order valence-electron chi connectivity index (χ4n) is 11.3. The highest BCUT2D eigenvalue weighted by Crippen LogP contribution is 2.49. The van der Waals surface area contributed by atoms with Crippen molar-refractivity contribution in [2.75, 3.05) is 9.80 Å². The Bertz CT molecular complexity index is 4340. The minimum atomic E-state index is 0.741. The van der Waals surface area contributed by atoms with Crippen molar-refractivity contribution in [3.05, 3.63) is 258 Å². The average Bonchev–Trinajstić information content (AvgIpc) is 3.99. The summed E-state index contributed by atoms with van der Waals surface area (Å²) in [6.07, 6.45) is 14.2. The molecule has 2 aromatic heterocycles. The maximum absolute atomic E-state index is 7.00. The summed E-state index contributed by atoms with van der Waals surface area (Å²) < 4.78 is 13.9. The molecule has 0 fully saturated rings. The number of allylic oxidation sites excluding steroid dienone is 7. The van der Waals surface area contributed by atoms with Crippen molar-refractivity contribution >= 4 is 106 Å². The fraction of sp³-hybridized carbons (Fsp3) is 0.0986. The van der Waals surface area contributed by atoms with Crippen LogP contribution in [0.15, 0.2) is 239 Å². The Morgan fingerprint density at radius 1 is 0.440 bits per heavy atom. The lowest BCUT2D eigenvalue weighted by atomic mass is 9.92. The first kappa shape index (κ1) is 46.9. The van der Waals surface area contributed by atoms with Crippen LogP contribution in [0.4, 0.5) is 22.7 Å². The molecule has 364 valence electrons. The third-order valence-corrected chi connectivity index (χ3v) is 14.8. The number of furan rings is 2. The van der Waals surface area contributed by atoms with Crippen LogP contribution in [0.3, 0.4) is 0 Å². The van der Waals surface area contributed by atoms with Crippen molar-refractivity contribution in [2.24, 2.45) is 0 Å². The van der Waals surface area contributed by atoms with Gasteiger partial charge in [0.15, 0.2) is 11.2 Å². The van der Waals surface area contributed by atoms with E-state index in [1.165, 1.54) is 32.5 Å². The van der Waals surface area contributed by atoms with Crippen LogP contribution in [0.1, 0.15) is 56.4 Å². The zero-order valence-electron chi connectivity index (χ0n) is 43.4. The van der Waals surface area contributed by atoms with Crippen molar-refractivity contribution in [3.8, 4) is 11.1 Å². The molecule has 12 aromatic rings. The maximum atomic E-state index is 7.00. The highest BCUT2D eigenvalue weighted by atomic mass is 16.3. The summed E-state index contributed by atoms with van der Waals surface area (Å²) in [5, 5.41) is 10.4. The third-order valence-electron chi connectivity index (χ3n) is 14.8. The first-order chi connectivity index (χ1) is 36.9. The molecule has 0 saturated heterocycles. The van der Waals surface area contributed by atoms with Gasteiger partial charge in [0.05, 0.1) is 28.4 Å². The van der Waals surface area contributed by atoms with E-state index < -0.39 is 0 Å². The largest absolute Gasteiger partial charge is 0.454 e. The molecular formula is C71H58N2O2. The molecule has 0 bridgehead atoms. The molecule has 0 aliphatic heterocycles. The van der Waals surface area contributed by atoms with Crippen LogP contribution in [0.5, 0.6) is 0 Å². The van der Waals surface area contributed by atoms with Crippen LogP contribution < -0.4 is 15.0 Å². The van der Waals surface area contributed by atoms with Gasteiger partial charge in [-0.05, 0) is 114 Å². The number of hydrogen-bond donors (Lipinski definition) is 0. The fourth-order valence-corrected chi connectivity index (χ4v) is 11.3. The first-order valence-corrected chi connectivity index (χ1v) is 26.2. The SMILES string of the molecule is CC.C\C(=C/C=C\C=C(/C)N(c1ccc2ccc3c4c(ccc1c24)=CCC=C3N(c1ccccc1-c1ccccc1)c1cccc2c1oc1c(C)cccc12)c1cccc2c1oc1c(C)cccc12)c1ccccc1. The van der Waals surface area contributed by atoms with Crippen LogP contribution in [-0.2, 0) is 0 Å². The van der Waals surface area contributed by atoms with E-state index in [-0.39, 0.29) is 0 Å². The maximum Gasteiger partial charge on any atom is 0.159 e. The first-order valence-electron chi connectivity index (χ1n) is 26.2. The van der Waals surface area contributed by atoms with Gasteiger partial charge in [0.25, 0.3) is 0 Å². The molecule has 0 amide bonds. The second-order valence-electron chi connectivity index (χ2n) is 19.3. The minimum absolute atomic E-state index is 0.741. The number of anilines is 4. The monoisotopic (exact) mass is 970 g/mol. The number of aryl methyl sites for hydroxylation is 2. The van der Waals surface area contributed by atoms with E-state index in [0.717, 1.165) is 118 Å². The lowest BCUT2D eigenvalue weighted by molar-refractivity contribution is 0.665. The summed E-state index contributed by atoms with van der Waals surface area (Å²) in [6.45, 7) is 12.6. The van der Waals surface area contributed by atoms with E-state index in [1.54, 1.807) is 0 Å². The molecule has 0 unspecified atom stereocenters. The summed E-state index contributed by atoms with van der Waals surface area (Å²) in [4.78, 5) is 4.86. The normalized spacial score (nSPS) is 12.9. The van der Waals surface area contributed by atoms with Gasteiger partial charge in [-0.1, -0.05) is 214 Å². The van der Waals surface area contributed by atoms with Gasteiger partial charge in [0.2, 0.25) is 0 Å². The Morgan fingerprint density at radius 2 is 1.01 bits per heavy atom. The van der Waals surface area contributed by atoms with Gasteiger partial charge in [-0.2, -0.15) is 0 Å². The van der Waals surface area contributed by atoms with E-state index in [9.17, 15) is 0 Å². The molecule has 0 saturated carbocycles. The zero-order chi connectivity index (χ0) is 51.2. The summed E-state index contributed by atoms with van der Waals surface area (Å²) in [5.41, 5.74) is 17.9. The highest BCUT2D eigenvalue weighted by Gasteiger charge is 2.28. The van der Waals surface area contributed by atoms with Crippen molar-refractivity contribution in [1.82, 2.24) is 0 Å². The van der Waals surface area contributed by atoms with Gasteiger partial charge < -0.3 is 18.6 Å². The molecule has 4 heteroatoms. The molecule has 2 heterocycles. The predicted molar refractivity (Wildman–Crippen MR) is 321 cm³/mol. The molecular weight excluding hydrogens is 913 g/mol. The minimum Gasteiger partial charge on any atom is -0.454 e. The van der Waals surface area contributed by atoms with E-state index in [2.05, 4.69) is 268 Å². The van der Waals surface area contributed by atoms with Gasteiger partial charge in [0.1, 0.15) is 11.2 Å². The van der Waals surface area contributed by atoms with Crippen LogP contribution in [-0.4, -0.2) is 0 Å². The van der Waals surface area contributed by atoms with E-state index >= 15 is 0 Å². The number of nitrogens with zero attached hydrogens (tertiary/aromatic N) is 2. The molecule has 1 aliphatic rings. The average molecular weight is 971 g/mol. The molecule has 10 aromatic carbocycles. The molecule has 75 heavy (non-hydrogen) atoms. The van der Waals surface area contributed by atoms with E-state index in [4.69, 9.17) is 8.83 Å². The van der Waals surface area contributed by atoms with Crippen LogP contribution in [0.25, 0.3) is 93.9 Å². The lowest BCUT2D eigenvalue weighted by Crippen LogP contribution is -2.18. The van der Waals surface area contributed by atoms with Gasteiger partial charge in [-0.25, -0.2) is 0 Å². The van der Waals surface area contributed by atoms with Crippen LogP contribution >= 0.6 is 0 Å².